The molecule has 0 aliphatic heterocycles. The fraction of sp³-hybridized carbons (Fsp3) is 0.111. The number of hydrogen-bond acceptors (Lipinski definition) is 5. The normalized spacial score (nSPS) is 11.5. The average molecular weight is 372 g/mol. The lowest BCUT2D eigenvalue weighted by Gasteiger charge is -2.07. The number of nitrogens with two attached hydrogens (primary N) is 1. The highest BCUT2D eigenvalue weighted by Crippen LogP contribution is 2.14. The number of rotatable bonds is 4. The third-order valence-electron chi connectivity index (χ3n) is 3.81. The highest BCUT2D eigenvalue weighted by molar-refractivity contribution is 7.89. The Morgan fingerprint density at radius 3 is 2.46 bits per heavy atom. The zero-order chi connectivity index (χ0) is 18.9. The van der Waals surface area contributed by atoms with Crippen molar-refractivity contribution in [2.45, 2.75) is 18.4 Å². The van der Waals surface area contributed by atoms with Crippen molar-refractivity contribution in [1.82, 2.24) is 5.32 Å². The Hall–Kier alpha value is -2.97. The van der Waals surface area contributed by atoms with Gasteiger partial charge in [-0.15, -0.1) is 0 Å². The second kappa shape index (κ2) is 6.74. The molecule has 1 heterocycles. The van der Waals surface area contributed by atoms with Crippen LogP contribution >= 0.6 is 0 Å². The third-order valence-corrected chi connectivity index (χ3v) is 4.74. The van der Waals surface area contributed by atoms with Gasteiger partial charge in [-0.1, -0.05) is 18.2 Å². The molecule has 2 aromatic carbocycles. The monoisotopic (exact) mass is 372 g/mol. The maximum Gasteiger partial charge on any atom is 0.287 e. The Bertz CT molecular complexity index is 1150. The summed E-state index contributed by atoms with van der Waals surface area (Å²) in [7, 11) is -3.76. The Labute approximate surface area is 149 Å². The lowest BCUT2D eigenvalue weighted by Crippen LogP contribution is -2.24. The molecule has 8 heteroatoms. The van der Waals surface area contributed by atoms with Gasteiger partial charge in [0.25, 0.3) is 5.91 Å². The second-order valence-electron chi connectivity index (χ2n) is 5.85. The predicted molar refractivity (Wildman–Crippen MR) is 96.2 cm³/mol. The van der Waals surface area contributed by atoms with Gasteiger partial charge in [-0.3, -0.25) is 9.59 Å². The summed E-state index contributed by atoms with van der Waals surface area (Å²) in [6, 6.07) is 12.1. The van der Waals surface area contributed by atoms with Gasteiger partial charge >= 0.3 is 0 Å². The van der Waals surface area contributed by atoms with Crippen LogP contribution in [0.2, 0.25) is 0 Å². The number of carbonyl (C=O) groups excluding carboxylic acids is 1. The number of nitrogens with one attached hydrogen (secondary N) is 1. The molecule has 0 spiro atoms. The first-order valence-corrected chi connectivity index (χ1v) is 9.23. The van der Waals surface area contributed by atoms with E-state index in [1.807, 2.05) is 6.92 Å². The SMILES string of the molecule is Cc1ccc2c(=O)cc(C(=O)NCc3ccc(S(N)(=O)=O)cc3)oc2c1. The summed E-state index contributed by atoms with van der Waals surface area (Å²) in [5.41, 5.74) is 1.63. The molecule has 134 valence electrons. The van der Waals surface area contributed by atoms with E-state index in [1.54, 1.807) is 30.3 Å². The van der Waals surface area contributed by atoms with Crippen LogP contribution in [0, 0.1) is 6.92 Å². The number of carbonyl (C=O) groups is 1. The molecule has 0 atom stereocenters. The highest BCUT2D eigenvalue weighted by atomic mass is 32.2. The molecule has 0 aliphatic carbocycles. The minimum absolute atomic E-state index is 0.0107. The molecule has 0 unspecified atom stereocenters. The van der Waals surface area contributed by atoms with Gasteiger partial charge in [-0.05, 0) is 42.3 Å². The van der Waals surface area contributed by atoms with Gasteiger partial charge in [-0.25, -0.2) is 13.6 Å². The molecule has 0 radical (unpaired) electrons. The van der Waals surface area contributed by atoms with Crippen LogP contribution in [0.15, 0.2) is 62.6 Å². The van der Waals surface area contributed by atoms with Crippen molar-refractivity contribution in [3.63, 3.8) is 0 Å². The quantitative estimate of drug-likeness (QED) is 0.722. The van der Waals surface area contributed by atoms with Crippen LogP contribution in [0.1, 0.15) is 21.7 Å². The number of hydrogen-bond donors (Lipinski definition) is 2. The second-order valence-corrected chi connectivity index (χ2v) is 7.41. The van der Waals surface area contributed by atoms with E-state index in [0.717, 1.165) is 11.6 Å². The van der Waals surface area contributed by atoms with Crippen LogP contribution in [0.25, 0.3) is 11.0 Å². The summed E-state index contributed by atoms with van der Waals surface area (Å²) in [6.07, 6.45) is 0. The summed E-state index contributed by atoms with van der Waals surface area (Å²) >= 11 is 0. The van der Waals surface area contributed by atoms with E-state index in [-0.39, 0.29) is 22.6 Å². The van der Waals surface area contributed by atoms with Crippen LogP contribution < -0.4 is 15.9 Å². The molecule has 1 aromatic heterocycles. The third kappa shape index (κ3) is 3.81. The maximum absolute atomic E-state index is 12.3. The molecule has 0 fully saturated rings. The van der Waals surface area contributed by atoms with Crippen molar-refractivity contribution in [2.24, 2.45) is 5.14 Å². The number of benzene rings is 2. The Kier molecular flexibility index (Phi) is 4.62. The molecule has 26 heavy (non-hydrogen) atoms. The van der Waals surface area contributed by atoms with Gasteiger partial charge in [0.15, 0.2) is 11.2 Å². The zero-order valence-corrected chi connectivity index (χ0v) is 14.7. The van der Waals surface area contributed by atoms with Crippen molar-refractivity contribution in [2.75, 3.05) is 0 Å². The molecule has 0 saturated heterocycles. The summed E-state index contributed by atoms with van der Waals surface area (Å²) in [5.74, 6) is -0.629. The number of fused-ring (bicyclic) bond motifs is 1. The standard InChI is InChI=1S/C18H16N2O5S/c1-11-2-7-14-15(21)9-17(25-16(14)8-11)18(22)20-10-12-3-5-13(6-4-12)26(19,23)24/h2-9H,10H2,1H3,(H,20,22)(H2,19,23,24). The van der Waals surface area contributed by atoms with E-state index < -0.39 is 15.9 Å². The van der Waals surface area contributed by atoms with Crippen LogP contribution in [0.5, 0.6) is 0 Å². The van der Waals surface area contributed by atoms with Gasteiger partial charge in [0.1, 0.15) is 5.58 Å². The van der Waals surface area contributed by atoms with Crippen molar-refractivity contribution in [1.29, 1.82) is 0 Å². The van der Waals surface area contributed by atoms with Crippen molar-refractivity contribution in [3.8, 4) is 0 Å². The summed E-state index contributed by atoms with van der Waals surface area (Å²) in [6.45, 7) is 2.00. The van der Waals surface area contributed by atoms with E-state index in [0.29, 0.717) is 16.5 Å². The molecule has 3 N–H and O–H groups in total. The number of amides is 1. The van der Waals surface area contributed by atoms with E-state index >= 15 is 0 Å². The number of aryl methyl sites for hydroxylation is 1. The fourth-order valence-corrected chi connectivity index (χ4v) is 2.96. The Morgan fingerprint density at radius 2 is 1.81 bits per heavy atom. The largest absolute Gasteiger partial charge is 0.451 e. The minimum Gasteiger partial charge on any atom is -0.451 e. The van der Waals surface area contributed by atoms with Gasteiger partial charge in [0, 0.05) is 12.6 Å². The van der Waals surface area contributed by atoms with Gasteiger partial charge in [0.2, 0.25) is 10.0 Å². The highest BCUT2D eigenvalue weighted by Gasteiger charge is 2.13. The maximum atomic E-state index is 12.3. The molecule has 0 bridgehead atoms. The predicted octanol–water partition coefficient (Wildman–Crippen LogP) is 1.68. The van der Waals surface area contributed by atoms with Crippen molar-refractivity contribution < 1.29 is 17.6 Å². The van der Waals surface area contributed by atoms with E-state index in [4.69, 9.17) is 9.56 Å². The molecular weight excluding hydrogens is 356 g/mol. The van der Waals surface area contributed by atoms with Gasteiger partial charge < -0.3 is 9.73 Å². The van der Waals surface area contributed by atoms with Gasteiger partial charge in [0.05, 0.1) is 10.3 Å². The lowest BCUT2D eigenvalue weighted by atomic mass is 10.1. The molecular formula is C18H16N2O5S. The summed E-state index contributed by atoms with van der Waals surface area (Å²) in [4.78, 5) is 24.4. The topological polar surface area (TPSA) is 119 Å². The smallest absolute Gasteiger partial charge is 0.287 e. The van der Waals surface area contributed by atoms with Crippen LogP contribution in [0.3, 0.4) is 0 Å². The van der Waals surface area contributed by atoms with E-state index in [2.05, 4.69) is 5.32 Å². The van der Waals surface area contributed by atoms with Gasteiger partial charge in [-0.2, -0.15) is 0 Å². The van der Waals surface area contributed by atoms with Crippen LogP contribution in [0.4, 0.5) is 0 Å². The minimum atomic E-state index is -3.76. The molecule has 0 saturated carbocycles. The zero-order valence-electron chi connectivity index (χ0n) is 13.9. The molecule has 7 nitrogen and oxygen atoms in total. The molecule has 0 aliphatic rings. The van der Waals surface area contributed by atoms with E-state index in [9.17, 15) is 18.0 Å². The van der Waals surface area contributed by atoms with E-state index in [1.165, 1.54) is 12.1 Å². The molecule has 3 rings (SSSR count). The average Bonchev–Trinajstić information content (AvgIpc) is 2.58. The Balaban J connectivity index is 1.78. The first kappa shape index (κ1) is 17.8. The molecule has 3 aromatic rings. The first-order valence-electron chi connectivity index (χ1n) is 7.68. The van der Waals surface area contributed by atoms with Crippen molar-refractivity contribution >= 4 is 26.9 Å². The fourth-order valence-electron chi connectivity index (χ4n) is 2.44. The van der Waals surface area contributed by atoms with Crippen LogP contribution in [-0.2, 0) is 16.6 Å². The van der Waals surface area contributed by atoms with Crippen molar-refractivity contribution in [3.05, 3.63) is 75.6 Å². The first-order chi connectivity index (χ1) is 12.2. The summed E-state index contributed by atoms with van der Waals surface area (Å²) < 4.78 is 28.0. The van der Waals surface area contributed by atoms with Crippen LogP contribution in [-0.4, -0.2) is 14.3 Å². The summed E-state index contributed by atoms with van der Waals surface area (Å²) in [5, 5.41) is 8.07. The Morgan fingerprint density at radius 1 is 1.12 bits per heavy atom. The number of sulfonamides is 1. The lowest BCUT2D eigenvalue weighted by molar-refractivity contribution is 0.0923. The number of primary sulfonamides is 1. The molecule has 1 amide bonds.